The van der Waals surface area contributed by atoms with Gasteiger partial charge in [-0.2, -0.15) is 5.10 Å². The molecule has 0 unspecified atom stereocenters. The Hall–Kier alpha value is -3.11. The number of thioether (sulfide) groups is 1. The highest BCUT2D eigenvalue weighted by Crippen LogP contribution is 2.25. The molecule has 1 heterocycles. The monoisotopic (exact) mass is 403 g/mol. The molecule has 9 nitrogen and oxygen atoms in total. The maximum absolute atomic E-state index is 10.8. The van der Waals surface area contributed by atoms with E-state index in [0.29, 0.717) is 21.5 Å². The van der Waals surface area contributed by atoms with E-state index < -0.39 is 4.92 Å². The minimum Gasteiger partial charge on any atom is -0.334 e. The Morgan fingerprint density at radius 3 is 2.89 bits per heavy atom. The van der Waals surface area contributed by atoms with Gasteiger partial charge in [-0.25, -0.2) is 10.1 Å². The second-order valence-corrected chi connectivity index (χ2v) is 6.63. The number of hydrogen-bond acceptors (Lipinski definition) is 8. The molecule has 138 valence electrons. The number of nitro groups is 1. The normalized spacial score (nSPS) is 11.0. The molecule has 3 rings (SSSR count). The number of nitrogen functional groups attached to an aromatic ring is 1. The standard InChI is InChI=1S/C16H14ClN7O2S/c17-14-7-2-1-5-12(14)10-27-16-22-21-15(23(16)18)20-19-9-11-4-3-6-13(8-11)24(25)26/h1-9H,10,18H2,(H,20,21)/b19-9+. The van der Waals surface area contributed by atoms with Crippen molar-refractivity contribution in [1.82, 2.24) is 14.9 Å². The molecule has 0 atom stereocenters. The summed E-state index contributed by atoms with van der Waals surface area (Å²) >= 11 is 7.52. The molecule has 0 spiro atoms. The molecule has 0 aliphatic carbocycles. The predicted molar refractivity (Wildman–Crippen MR) is 105 cm³/mol. The summed E-state index contributed by atoms with van der Waals surface area (Å²) in [5.74, 6) is 6.78. The number of anilines is 1. The molecule has 2 aromatic carbocycles. The van der Waals surface area contributed by atoms with Gasteiger partial charge in [-0.15, -0.1) is 10.2 Å². The Balaban J connectivity index is 1.63. The maximum atomic E-state index is 10.8. The summed E-state index contributed by atoms with van der Waals surface area (Å²) < 4.78 is 1.27. The zero-order valence-electron chi connectivity index (χ0n) is 13.8. The first-order chi connectivity index (χ1) is 13.0. The van der Waals surface area contributed by atoms with Crippen LogP contribution in [0.3, 0.4) is 0 Å². The van der Waals surface area contributed by atoms with Crippen molar-refractivity contribution in [2.75, 3.05) is 11.3 Å². The summed E-state index contributed by atoms with van der Waals surface area (Å²) in [5, 5.41) is 23.9. The lowest BCUT2D eigenvalue weighted by Gasteiger charge is -2.04. The lowest BCUT2D eigenvalue weighted by Crippen LogP contribution is -2.13. The van der Waals surface area contributed by atoms with E-state index in [2.05, 4.69) is 20.7 Å². The van der Waals surface area contributed by atoms with Crippen LogP contribution in [0.1, 0.15) is 11.1 Å². The predicted octanol–water partition coefficient (Wildman–Crippen LogP) is 3.29. The fourth-order valence-electron chi connectivity index (χ4n) is 2.09. The van der Waals surface area contributed by atoms with Crippen LogP contribution < -0.4 is 11.3 Å². The molecule has 0 radical (unpaired) electrons. The summed E-state index contributed by atoms with van der Waals surface area (Å²) in [6.45, 7) is 0. The van der Waals surface area contributed by atoms with E-state index in [1.807, 2.05) is 24.3 Å². The zero-order valence-corrected chi connectivity index (χ0v) is 15.4. The molecule has 1 aromatic heterocycles. The van der Waals surface area contributed by atoms with Gasteiger partial charge in [-0.05, 0) is 11.6 Å². The number of hydrazone groups is 1. The molecular formula is C16H14ClN7O2S. The average molecular weight is 404 g/mol. The van der Waals surface area contributed by atoms with Crippen LogP contribution in [0.2, 0.25) is 5.02 Å². The van der Waals surface area contributed by atoms with Gasteiger partial charge in [-0.3, -0.25) is 10.1 Å². The Morgan fingerprint density at radius 1 is 1.30 bits per heavy atom. The van der Waals surface area contributed by atoms with Gasteiger partial charge < -0.3 is 5.84 Å². The molecule has 0 saturated carbocycles. The minimum atomic E-state index is -0.468. The lowest BCUT2D eigenvalue weighted by atomic mass is 10.2. The molecular weight excluding hydrogens is 390 g/mol. The Bertz CT molecular complexity index is 992. The zero-order chi connectivity index (χ0) is 19.2. The Labute approximate surface area is 163 Å². The molecule has 0 bridgehead atoms. The van der Waals surface area contributed by atoms with Crippen LogP contribution >= 0.6 is 23.4 Å². The van der Waals surface area contributed by atoms with Crippen molar-refractivity contribution < 1.29 is 4.92 Å². The fraction of sp³-hybridized carbons (Fsp3) is 0.0625. The summed E-state index contributed by atoms with van der Waals surface area (Å²) in [6, 6.07) is 13.6. The number of benzene rings is 2. The third-order valence-corrected chi connectivity index (χ3v) is 4.80. The van der Waals surface area contributed by atoms with Gasteiger partial charge in [0.25, 0.3) is 11.6 Å². The van der Waals surface area contributed by atoms with Crippen molar-refractivity contribution in [2.45, 2.75) is 10.9 Å². The molecule has 0 amide bonds. The molecule has 3 N–H and O–H groups in total. The second-order valence-electron chi connectivity index (χ2n) is 5.28. The Morgan fingerprint density at radius 2 is 2.11 bits per heavy atom. The van der Waals surface area contributed by atoms with E-state index >= 15 is 0 Å². The van der Waals surface area contributed by atoms with Crippen LogP contribution in [0, 0.1) is 10.1 Å². The first-order valence-electron chi connectivity index (χ1n) is 7.65. The van der Waals surface area contributed by atoms with Crippen LogP contribution in [0.4, 0.5) is 11.6 Å². The largest absolute Gasteiger partial charge is 0.334 e. The number of rotatable bonds is 7. The highest BCUT2D eigenvalue weighted by Gasteiger charge is 2.11. The molecule has 3 aromatic rings. The van der Waals surface area contributed by atoms with Crippen LogP contribution in [-0.4, -0.2) is 26.0 Å². The Kier molecular flexibility index (Phi) is 5.89. The third-order valence-electron chi connectivity index (χ3n) is 3.44. The van der Waals surface area contributed by atoms with E-state index in [0.717, 1.165) is 5.56 Å². The van der Waals surface area contributed by atoms with E-state index in [1.165, 1.54) is 34.8 Å². The molecule has 0 aliphatic rings. The summed E-state index contributed by atoms with van der Waals surface area (Å²) in [7, 11) is 0. The van der Waals surface area contributed by atoms with E-state index in [4.69, 9.17) is 17.4 Å². The van der Waals surface area contributed by atoms with Gasteiger partial charge >= 0.3 is 0 Å². The van der Waals surface area contributed by atoms with Gasteiger partial charge in [0.2, 0.25) is 5.16 Å². The quantitative estimate of drug-likeness (QED) is 0.204. The van der Waals surface area contributed by atoms with Gasteiger partial charge in [0, 0.05) is 28.5 Å². The summed E-state index contributed by atoms with van der Waals surface area (Å²) in [5.41, 5.74) is 4.18. The summed E-state index contributed by atoms with van der Waals surface area (Å²) in [4.78, 5) is 10.3. The van der Waals surface area contributed by atoms with Gasteiger partial charge in [0.05, 0.1) is 11.1 Å². The van der Waals surface area contributed by atoms with Crippen LogP contribution in [0.5, 0.6) is 0 Å². The maximum Gasteiger partial charge on any atom is 0.270 e. The number of nitrogens with one attached hydrogen (secondary N) is 1. The molecule has 27 heavy (non-hydrogen) atoms. The van der Waals surface area contributed by atoms with Crippen LogP contribution in [0.15, 0.2) is 58.8 Å². The first kappa shape index (κ1) is 18.7. The van der Waals surface area contributed by atoms with Gasteiger partial charge in [0.1, 0.15) is 0 Å². The average Bonchev–Trinajstić information content (AvgIpc) is 3.01. The number of non-ortho nitro benzene ring substituents is 1. The molecule has 0 fully saturated rings. The molecule has 0 aliphatic heterocycles. The van der Waals surface area contributed by atoms with Gasteiger partial charge in [0.15, 0.2) is 0 Å². The van der Waals surface area contributed by atoms with Crippen molar-refractivity contribution in [3.8, 4) is 0 Å². The SMILES string of the molecule is Nn1c(N/N=C/c2cccc([N+](=O)[O-])c2)nnc1SCc1ccccc1Cl. The third kappa shape index (κ3) is 4.74. The van der Waals surface area contributed by atoms with E-state index in [9.17, 15) is 10.1 Å². The number of halogens is 1. The highest BCUT2D eigenvalue weighted by atomic mass is 35.5. The molecule has 11 heteroatoms. The number of nitrogens with two attached hydrogens (primary N) is 1. The topological polar surface area (TPSA) is 124 Å². The van der Waals surface area contributed by atoms with Crippen molar-refractivity contribution in [1.29, 1.82) is 0 Å². The fourth-order valence-corrected chi connectivity index (χ4v) is 3.23. The lowest BCUT2D eigenvalue weighted by molar-refractivity contribution is -0.384. The van der Waals surface area contributed by atoms with E-state index in [1.54, 1.807) is 12.1 Å². The van der Waals surface area contributed by atoms with Crippen LogP contribution in [0.25, 0.3) is 0 Å². The number of aromatic nitrogens is 3. The minimum absolute atomic E-state index is 0.0146. The molecule has 0 saturated heterocycles. The smallest absolute Gasteiger partial charge is 0.270 e. The van der Waals surface area contributed by atoms with Crippen molar-refractivity contribution in [3.05, 3.63) is 74.8 Å². The number of nitro benzene ring substituents is 1. The van der Waals surface area contributed by atoms with Gasteiger partial charge in [-0.1, -0.05) is 53.7 Å². The number of hydrogen-bond donors (Lipinski definition) is 2. The first-order valence-corrected chi connectivity index (χ1v) is 9.01. The van der Waals surface area contributed by atoms with Crippen LogP contribution in [-0.2, 0) is 5.75 Å². The van der Waals surface area contributed by atoms with Crippen molar-refractivity contribution in [2.24, 2.45) is 5.10 Å². The number of nitrogens with zero attached hydrogens (tertiary/aromatic N) is 5. The van der Waals surface area contributed by atoms with Crippen molar-refractivity contribution in [3.63, 3.8) is 0 Å². The van der Waals surface area contributed by atoms with Crippen molar-refractivity contribution >= 4 is 41.2 Å². The summed E-state index contributed by atoms with van der Waals surface area (Å²) in [6.07, 6.45) is 1.43. The second kappa shape index (κ2) is 8.52. The van der Waals surface area contributed by atoms with E-state index in [-0.39, 0.29) is 11.6 Å². The highest BCUT2D eigenvalue weighted by molar-refractivity contribution is 7.98.